The molecule has 0 radical (unpaired) electrons. The molecule has 2 N–H and O–H groups in total. The van der Waals surface area contributed by atoms with Crippen molar-refractivity contribution in [3.8, 4) is 0 Å². The molecule has 1 saturated heterocycles. The Balaban J connectivity index is 2.94. The first-order chi connectivity index (χ1) is 8.01. The summed E-state index contributed by atoms with van der Waals surface area (Å²) in [4.78, 5) is 35.5. The van der Waals surface area contributed by atoms with E-state index in [1.807, 2.05) is 0 Å². The summed E-state index contributed by atoms with van der Waals surface area (Å²) in [6, 6.07) is -1.07. The minimum absolute atomic E-state index is 0.166. The summed E-state index contributed by atoms with van der Waals surface area (Å²) in [7, 11) is 0. The van der Waals surface area contributed by atoms with Gasteiger partial charge in [-0.1, -0.05) is 6.92 Å². The van der Waals surface area contributed by atoms with E-state index < -0.39 is 18.2 Å². The van der Waals surface area contributed by atoms with Gasteiger partial charge in [-0.3, -0.25) is 9.59 Å². The van der Waals surface area contributed by atoms with E-state index in [1.54, 1.807) is 6.92 Å². The lowest BCUT2D eigenvalue weighted by atomic mass is 10.1. The third-order valence-electron chi connectivity index (χ3n) is 2.66. The second-order valence-corrected chi connectivity index (χ2v) is 4.27. The Labute approximate surface area is 105 Å². The Morgan fingerprint density at radius 3 is 2.71 bits per heavy atom. The van der Waals surface area contributed by atoms with Crippen molar-refractivity contribution in [3.63, 3.8) is 0 Å². The minimum Gasteiger partial charge on any atom is -0.480 e. The van der Waals surface area contributed by atoms with Gasteiger partial charge >= 0.3 is 5.97 Å². The van der Waals surface area contributed by atoms with Crippen LogP contribution in [-0.2, 0) is 14.4 Å². The number of nitrogens with zero attached hydrogens (tertiary/aromatic N) is 1. The van der Waals surface area contributed by atoms with Gasteiger partial charge in [-0.15, -0.1) is 0 Å². The zero-order chi connectivity index (χ0) is 13.0. The van der Waals surface area contributed by atoms with Crippen molar-refractivity contribution in [1.29, 1.82) is 0 Å². The van der Waals surface area contributed by atoms with E-state index in [9.17, 15) is 14.4 Å². The molecule has 1 heterocycles. The van der Waals surface area contributed by atoms with Crippen LogP contribution < -0.4 is 5.32 Å². The molecule has 0 saturated carbocycles. The Morgan fingerprint density at radius 1 is 1.59 bits per heavy atom. The first-order valence-electron chi connectivity index (χ1n) is 5.45. The Bertz CT molecular complexity index is 334. The highest BCUT2D eigenvalue weighted by molar-refractivity contribution is 7.80. The molecule has 6 nitrogen and oxygen atoms in total. The monoisotopic (exact) mass is 260 g/mol. The van der Waals surface area contributed by atoms with Gasteiger partial charge in [0.05, 0.1) is 6.42 Å². The molecule has 0 unspecified atom stereocenters. The third kappa shape index (κ3) is 3.12. The van der Waals surface area contributed by atoms with Gasteiger partial charge in [-0.25, -0.2) is 4.79 Å². The first-order valence-corrected chi connectivity index (χ1v) is 6.08. The number of hydrogen-bond donors (Lipinski definition) is 3. The predicted octanol–water partition coefficient (Wildman–Crippen LogP) is -0.156. The van der Waals surface area contributed by atoms with Crippen LogP contribution in [0.4, 0.5) is 0 Å². The standard InChI is InChI=1S/C10H16N2O4S/c1-2-7-11-8(13)5-6(10(15)16)12(7)9(14)3-4-17/h6-7,17H,2-5H2,1H3,(H,11,13)(H,15,16)/t6-,7-/m0/s1. The molecule has 1 rings (SSSR count). The highest BCUT2D eigenvalue weighted by Gasteiger charge is 2.40. The Morgan fingerprint density at radius 2 is 2.24 bits per heavy atom. The molecule has 2 amide bonds. The number of amides is 2. The lowest BCUT2D eigenvalue weighted by Gasteiger charge is -2.39. The van der Waals surface area contributed by atoms with Gasteiger partial charge in [0.25, 0.3) is 0 Å². The van der Waals surface area contributed by atoms with Gasteiger partial charge in [0, 0.05) is 6.42 Å². The van der Waals surface area contributed by atoms with Gasteiger partial charge in [-0.2, -0.15) is 12.6 Å². The van der Waals surface area contributed by atoms with Crippen molar-refractivity contribution in [2.24, 2.45) is 0 Å². The molecule has 0 aromatic carbocycles. The van der Waals surface area contributed by atoms with Gasteiger partial charge in [0.15, 0.2) is 0 Å². The molecule has 1 aliphatic rings. The Hall–Kier alpha value is -1.24. The molecule has 0 spiro atoms. The first kappa shape index (κ1) is 13.8. The summed E-state index contributed by atoms with van der Waals surface area (Å²) in [5, 5.41) is 11.7. The summed E-state index contributed by atoms with van der Waals surface area (Å²) in [5.41, 5.74) is 0. The smallest absolute Gasteiger partial charge is 0.327 e. The van der Waals surface area contributed by atoms with Crippen molar-refractivity contribution in [2.75, 3.05) is 5.75 Å². The molecule has 7 heteroatoms. The van der Waals surface area contributed by atoms with Crippen LogP contribution in [0.5, 0.6) is 0 Å². The molecule has 17 heavy (non-hydrogen) atoms. The molecule has 0 aromatic rings. The average molecular weight is 260 g/mol. The number of nitrogens with one attached hydrogen (secondary N) is 1. The highest BCUT2D eigenvalue weighted by atomic mass is 32.1. The van der Waals surface area contributed by atoms with Crippen molar-refractivity contribution in [3.05, 3.63) is 0 Å². The van der Waals surface area contributed by atoms with Crippen molar-refractivity contribution in [1.82, 2.24) is 10.2 Å². The number of carboxylic acid groups (broad SMARTS) is 1. The van der Waals surface area contributed by atoms with Crippen LogP contribution in [-0.4, -0.2) is 45.8 Å². The van der Waals surface area contributed by atoms with E-state index in [0.29, 0.717) is 12.2 Å². The topological polar surface area (TPSA) is 86.7 Å². The van der Waals surface area contributed by atoms with E-state index >= 15 is 0 Å². The molecule has 0 bridgehead atoms. The van der Waals surface area contributed by atoms with E-state index in [1.165, 1.54) is 4.90 Å². The maximum atomic E-state index is 11.9. The van der Waals surface area contributed by atoms with E-state index in [0.717, 1.165) is 0 Å². The molecule has 0 aromatic heterocycles. The van der Waals surface area contributed by atoms with Crippen LogP contribution in [0.2, 0.25) is 0 Å². The summed E-state index contributed by atoms with van der Waals surface area (Å²) in [5.74, 6) is -1.42. The van der Waals surface area contributed by atoms with E-state index in [-0.39, 0.29) is 24.7 Å². The SMILES string of the molecule is CC[C@H]1NC(=O)C[C@@H](C(=O)O)N1C(=O)CCS. The second-order valence-electron chi connectivity index (χ2n) is 3.82. The zero-order valence-electron chi connectivity index (χ0n) is 9.55. The summed E-state index contributed by atoms with van der Waals surface area (Å²) < 4.78 is 0. The van der Waals surface area contributed by atoms with Gasteiger partial charge in [0.2, 0.25) is 11.8 Å². The molecule has 1 aliphatic heterocycles. The van der Waals surface area contributed by atoms with Crippen LogP contribution in [0, 0.1) is 0 Å². The molecule has 0 aliphatic carbocycles. The number of rotatable bonds is 4. The van der Waals surface area contributed by atoms with Crippen molar-refractivity contribution < 1.29 is 19.5 Å². The number of carbonyl (C=O) groups is 3. The summed E-state index contributed by atoms with van der Waals surface area (Å²) in [6.45, 7) is 1.79. The van der Waals surface area contributed by atoms with Crippen molar-refractivity contribution in [2.45, 2.75) is 38.4 Å². The lowest BCUT2D eigenvalue weighted by molar-refractivity contribution is -0.159. The fourth-order valence-corrected chi connectivity index (χ4v) is 2.07. The van der Waals surface area contributed by atoms with Gasteiger partial charge in [0.1, 0.15) is 12.2 Å². The molecular formula is C10H16N2O4S. The predicted molar refractivity (Wildman–Crippen MR) is 63.6 cm³/mol. The van der Waals surface area contributed by atoms with Crippen LogP contribution in [0.1, 0.15) is 26.2 Å². The number of aliphatic carboxylic acids is 1. The van der Waals surface area contributed by atoms with Gasteiger partial charge in [-0.05, 0) is 12.2 Å². The van der Waals surface area contributed by atoms with Crippen LogP contribution in [0.3, 0.4) is 0 Å². The number of carbonyl (C=O) groups excluding carboxylic acids is 2. The summed E-state index contributed by atoms with van der Waals surface area (Å²) in [6.07, 6.45) is -0.0817. The van der Waals surface area contributed by atoms with Crippen LogP contribution >= 0.6 is 12.6 Å². The highest BCUT2D eigenvalue weighted by Crippen LogP contribution is 2.18. The maximum absolute atomic E-state index is 11.9. The van der Waals surface area contributed by atoms with Crippen molar-refractivity contribution >= 4 is 30.4 Å². The molecular weight excluding hydrogens is 244 g/mol. The number of thiol groups is 1. The quantitative estimate of drug-likeness (QED) is 0.613. The van der Waals surface area contributed by atoms with E-state index in [2.05, 4.69) is 17.9 Å². The number of carboxylic acids is 1. The molecule has 1 fully saturated rings. The molecule has 96 valence electrons. The van der Waals surface area contributed by atoms with Gasteiger partial charge < -0.3 is 15.3 Å². The average Bonchev–Trinajstić information content (AvgIpc) is 2.27. The fourth-order valence-electron chi connectivity index (χ4n) is 1.88. The van der Waals surface area contributed by atoms with E-state index in [4.69, 9.17) is 5.11 Å². The minimum atomic E-state index is -1.15. The van der Waals surface area contributed by atoms with Crippen LogP contribution in [0.25, 0.3) is 0 Å². The normalized spacial score (nSPS) is 24.4. The number of hydrogen-bond acceptors (Lipinski definition) is 4. The fraction of sp³-hybridized carbons (Fsp3) is 0.700. The third-order valence-corrected chi connectivity index (χ3v) is 2.89. The largest absolute Gasteiger partial charge is 0.480 e. The summed E-state index contributed by atoms with van der Waals surface area (Å²) >= 11 is 3.96. The maximum Gasteiger partial charge on any atom is 0.327 e. The zero-order valence-corrected chi connectivity index (χ0v) is 10.4. The van der Waals surface area contributed by atoms with Crippen LogP contribution in [0.15, 0.2) is 0 Å². The lowest BCUT2D eigenvalue weighted by Crippen LogP contribution is -2.62. The Kier molecular flexibility index (Phi) is 4.80. The molecule has 2 atom stereocenters. The second kappa shape index (κ2) is 5.90.